The molecule has 0 saturated heterocycles. The third-order valence-electron chi connectivity index (χ3n) is 1.64. The summed E-state index contributed by atoms with van der Waals surface area (Å²) < 4.78 is 3.94. The number of nitrogens with one attached hydrogen (secondary N) is 1. The van der Waals surface area contributed by atoms with Crippen LogP contribution in [0, 0.1) is 0 Å². The van der Waals surface area contributed by atoms with Crippen LogP contribution < -0.4 is 4.90 Å². The highest BCUT2D eigenvalue weighted by atomic mass is 32.1. The molecule has 0 amide bonds. The van der Waals surface area contributed by atoms with Crippen molar-refractivity contribution in [1.82, 2.24) is 19.6 Å². The van der Waals surface area contributed by atoms with Crippen molar-refractivity contribution in [3.8, 4) is 0 Å². The van der Waals surface area contributed by atoms with Gasteiger partial charge in [-0.15, -0.1) is 0 Å². The SMILES string of the molecule is CN(Cc1ccn[nH]1)c1ncns1. The molecule has 0 bridgehead atoms. The topological polar surface area (TPSA) is 57.7 Å². The van der Waals surface area contributed by atoms with Crippen molar-refractivity contribution in [3.63, 3.8) is 0 Å². The van der Waals surface area contributed by atoms with Crippen molar-refractivity contribution in [2.24, 2.45) is 0 Å². The maximum Gasteiger partial charge on any atom is 0.205 e. The Morgan fingerprint density at radius 1 is 1.62 bits per heavy atom. The maximum absolute atomic E-state index is 4.10. The van der Waals surface area contributed by atoms with E-state index in [9.17, 15) is 0 Å². The Morgan fingerprint density at radius 3 is 3.15 bits per heavy atom. The Balaban J connectivity index is 2.04. The lowest BCUT2D eigenvalue weighted by Gasteiger charge is -2.12. The van der Waals surface area contributed by atoms with Gasteiger partial charge in [-0.05, 0) is 6.07 Å². The molecule has 68 valence electrons. The van der Waals surface area contributed by atoms with Crippen molar-refractivity contribution < 1.29 is 0 Å². The Labute approximate surface area is 79.6 Å². The summed E-state index contributed by atoms with van der Waals surface area (Å²) in [6, 6.07) is 1.94. The minimum Gasteiger partial charge on any atom is -0.344 e. The van der Waals surface area contributed by atoms with Gasteiger partial charge >= 0.3 is 0 Å². The third-order valence-corrected chi connectivity index (χ3v) is 2.42. The van der Waals surface area contributed by atoms with E-state index in [2.05, 4.69) is 19.6 Å². The predicted molar refractivity (Wildman–Crippen MR) is 50.6 cm³/mol. The normalized spacial score (nSPS) is 10.2. The van der Waals surface area contributed by atoms with E-state index < -0.39 is 0 Å². The average molecular weight is 195 g/mol. The van der Waals surface area contributed by atoms with Gasteiger partial charge in [0.25, 0.3) is 0 Å². The molecular formula is C7H9N5S. The van der Waals surface area contributed by atoms with Crippen LogP contribution in [0.25, 0.3) is 0 Å². The van der Waals surface area contributed by atoms with Crippen LogP contribution in [0.3, 0.4) is 0 Å². The first-order valence-electron chi connectivity index (χ1n) is 3.82. The highest BCUT2D eigenvalue weighted by molar-refractivity contribution is 7.09. The number of H-pyrrole nitrogens is 1. The van der Waals surface area contributed by atoms with Gasteiger partial charge in [-0.25, -0.2) is 4.98 Å². The van der Waals surface area contributed by atoms with E-state index in [1.807, 2.05) is 18.0 Å². The Hall–Kier alpha value is -1.43. The van der Waals surface area contributed by atoms with Crippen LogP contribution in [-0.4, -0.2) is 26.6 Å². The fourth-order valence-electron chi connectivity index (χ4n) is 1.03. The number of aromatic nitrogens is 4. The second-order valence-electron chi connectivity index (χ2n) is 2.66. The number of anilines is 1. The van der Waals surface area contributed by atoms with E-state index >= 15 is 0 Å². The first kappa shape index (κ1) is 8.18. The minimum absolute atomic E-state index is 0.773. The smallest absolute Gasteiger partial charge is 0.205 e. The second-order valence-corrected chi connectivity index (χ2v) is 3.42. The highest BCUT2D eigenvalue weighted by Crippen LogP contribution is 2.14. The van der Waals surface area contributed by atoms with Crippen LogP contribution in [0.2, 0.25) is 0 Å². The molecule has 2 rings (SSSR count). The summed E-state index contributed by atoms with van der Waals surface area (Å²) in [4.78, 5) is 6.11. The van der Waals surface area contributed by atoms with Gasteiger partial charge in [0.15, 0.2) is 0 Å². The molecule has 0 saturated carbocycles. The molecule has 0 atom stereocenters. The van der Waals surface area contributed by atoms with Crippen molar-refractivity contribution in [1.29, 1.82) is 0 Å². The number of aromatic amines is 1. The zero-order valence-corrected chi connectivity index (χ0v) is 7.95. The van der Waals surface area contributed by atoms with Crippen LogP contribution in [-0.2, 0) is 6.54 Å². The molecule has 0 aliphatic carbocycles. The molecule has 0 aliphatic rings. The van der Waals surface area contributed by atoms with E-state index in [0.717, 1.165) is 17.4 Å². The molecule has 0 radical (unpaired) electrons. The number of hydrogen-bond acceptors (Lipinski definition) is 5. The first-order chi connectivity index (χ1) is 6.36. The largest absolute Gasteiger partial charge is 0.344 e. The zero-order valence-electron chi connectivity index (χ0n) is 7.14. The zero-order chi connectivity index (χ0) is 9.10. The van der Waals surface area contributed by atoms with Crippen LogP contribution in [0.15, 0.2) is 18.6 Å². The van der Waals surface area contributed by atoms with Crippen molar-refractivity contribution in [2.45, 2.75) is 6.54 Å². The standard InChI is InChI=1S/C7H9N5S/c1-12(7-8-5-10-13-7)4-6-2-3-9-11-6/h2-3,5H,4H2,1H3,(H,9,11). The monoisotopic (exact) mass is 195 g/mol. The van der Waals surface area contributed by atoms with Crippen molar-refractivity contribution in [2.75, 3.05) is 11.9 Å². The van der Waals surface area contributed by atoms with Crippen LogP contribution in [0.4, 0.5) is 5.13 Å². The minimum atomic E-state index is 0.773. The summed E-state index contributed by atoms with van der Waals surface area (Å²) in [6.07, 6.45) is 3.30. The van der Waals surface area contributed by atoms with Crippen LogP contribution >= 0.6 is 11.5 Å². The summed E-state index contributed by atoms with van der Waals surface area (Å²) in [5, 5.41) is 7.68. The molecule has 6 heteroatoms. The summed E-state index contributed by atoms with van der Waals surface area (Å²) in [7, 11) is 1.97. The van der Waals surface area contributed by atoms with Gasteiger partial charge < -0.3 is 4.90 Å². The molecule has 0 fully saturated rings. The molecular weight excluding hydrogens is 186 g/mol. The summed E-state index contributed by atoms with van der Waals surface area (Å²) in [5.41, 5.74) is 1.07. The first-order valence-corrected chi connectivity index (χ1v) is 4.59. The Bertz CT molecular complexity index is 341. The average Bonchev–Trinajstić information content (AvgIpc) is 2.74. The lowest BCUT2D eigenvalue weighted by molar-refractivity contribution is 0.864. The molecule has 0 spiro atoms. The van der Waals surface area contributed by atoms with Crippen molar-refractivity contribution in [3.05, 3.63) is 24.3 Å². The number of nitrogens with zero attached hydrogens (tertiary/aromatic N) is 4. The van der Waals surface area contributed by atoms with Gasteiger partial charge in [-0.1, -0.05) is 0 Å². The van der Waals surface area contributed by atoms with Crippen LogP contribution in [0.1, 0.15) is 5.69 Å². The van der Waals surface area contributed by atoms with Crippen LogP contribution in [0.5, 0.6) is 0 Å². The van der Waals surface area contributed by atoms with Gasteiger partial charge in [-0.3, -0.25) is 5.10 Å². The van der Waals surface area contributed by atoms with E-state index in [4.69, 9.17) is 0 Å². The molecule has 0 aliphatic heterocycles. The van der Waals surface area contributed by atoms with E-state index in [1.54, 1.807) is 12.5 Å². The molecule has 2 aromatic rings. The van der Waals surface area contributed by atoms with E-state index in [0.29, 0.717) is 0 Å². The molecule has 1 N–H and O–H groups in total. The molecule has 0 aromatic carbocycles. The van der Waals surface area contributed by atoms with E-state index in [1.165, 1.54) is 11.5 Å². The fourth-order valence-corrected chi connectivity index (χ4v) is 1.52. The fraction of sp³-hybridized carbons (Fsp3) is 0.286. The quantitative estimate of drug-likeness (QED) is 0.790. The van der Waals surface area contributed by atoms with Gasteiger partial charge in [0.05, 0.1) is 12.2 Å². The Morgan fingerprint density at radius 2 is 2.54 bits per heavy atom. The lowest BCUT2D eigenvalue weighted by atomic mass is 10.4. The Kier molecular flexibility index (Phi) is 2.22. The number of hydrogen-bond donors (Lipinski definition) is 1. The molecule has 13 heavy (non-hydrogen) atoms. The lowest BCUT2D eigenvalue weighted by Crippen LogP contribution is -2.16. The number of rotatable bonds is 3. The molecule has 2 heterocycles. The summed E-state index contributed by atoms with van der Waals surface area (Å²) >= 11 is 1.38. The van der Waals surface area contributed by atoms with E-state index in [-0.39, 0.29) is 0 Å². The summed E-state index contributed by atoms with van der Waals surface area (Å²) in [6.45, 7) is 0.773. The van der Waals surface area contributed by atoms with Gasteiger partial charge in [-0.2, -0.15) is 9.47 Å². The summed E-state index contributed by atoms with van der Waals surface area (Å²) in [5.74, 6) is 0. The second kappa shape index (κ2) is 3.53. The molecule has 5 nitrogen and oxygen atoms in total. The third kappa shape index (κ3) is 1.83. The van der Waals surface area contributed by atoms with Gasteiger partial charge in [0.1, 0.15) is 6.33 Å². The molecule has 0 unspecified atom stereocenters. The highest BCUT2D eigenvalue weighted by Gasteiger charge is 2.04. The maximum atomic E-state index is 4.10. The molecule has 2 aromatic heterocycles. The van der Waals surface area contributed by atoms with Crippen molar-refractivity contribution >= 4 is 16.7 Å². The van der Waals surface area contributed by atoms with Gasteiger partial charge in [0.2, 0.25) is 5.13 Å². The van der Waals surface area contributed by atoms with Gasteiger partial charge in [0, 0.05) is 24.8 Å². The predicted octanol–water partition coefficient (Wildman–Crippen LogP) is 0.898.